The highest BCUT2D eigenvalue weighted by molar-refractivity contribution is 7.97. The maximum Gasteiger partial charge on any atom is 0.298 e. The molecule has 1 atom stereocenters. The zero-order chi connectivity index (χ0) is 18.3. The second-order valence-electron chi connectivity index (χ2n) is 5.64. The van der Waals surface area contributed by atoms with Gasteiger partial charge >= 0.3 is 0 Å². The number of amidine groups is 1. The first-order valence-corrected chi connectivity index (χ1v) is 8.92. The van der Waals surface area contributed by atoms with Crippen LogP contribution in [-0.2, 0) is 4.74 Å². The minimum Gasteiger partial charge on any atom is -0.428 e. The summed E-state index contributed by atoms with van der Waals surface area (Å²) in [6, 6.07) is -0.140. The number of hydrogen-bond donors (Lipinski definition) is 2. The highest BCUT2D eigenvalue weighted by Crippen LogP contribution is 2.25. The van der Waals surface area contributed by atoms with Gasteiger partial charge in [-0.2, -0.15) is 9.19 Å². The molecule has 4 rings (SSSR count). The summed E-state index contributed by atoms with van der Waals surface area (Å²) < 4.78 is 7.16. The van der Waals surface area contributed by atoms with Crippen LogP contribution >= 0.6 is 11.9 Å². The van der Waals surface area contributed by atoms with E-state index in [0.717, 1.165) is 5.57 Å². The number of rotatable bonds is 2. The van der Waals surface area contributed by atoms with Gasteiger partial charge in [-0.1, -0.05) is 23.8 Å². The number of allylic oxidation sites excluding steroid dienone is 4. The van der Waals surface area contributed by atoms with Gasteiger partial charge in [-0.15, -0.1) is 0 Å². The van der Waals surface area contributed by atoms with E-state index in [2.05, 4.69) is 25.4 Å². The number of fused-ring (bicyclic) bond motifs is 2. The molecule has 10 heteroatoms. The van der Waals surface area contributed by atoms with Crippen molar-refractivity contribution in [2.75, 3.05) is 12.0 Å². The van der Waals surface area contributed by atoms with Crippen molar-refractivity contribution in [1.82, 2.24) is 24.5 Å². The SMILES string of the molecule is CSn1nc(C(=O)NC2=NC3C=CC(C)=CC=C3O2)c2c(N)ncnc21. The van der Waals surface area contributed by atoms with Gasteiger partial charge in [0.1, 0.15) is 23.9 Å². The maximum atomic E-state index is 12.7. The number of ether oxygens (including phenoxy) is 1. The third-order valence-electron chi connectivity index (χ3n) is 3.89. The van der Waals surface area contributed by atoms with Crippen LogP contribution in [0.15, 0.2) is 47.0 Å². The Kier molecular flexibility index (Phi) is 3.96. The molecule has 0 aromatic carbocycles. The monoisotopic (exact) mass is 369 g/mol. The van der Waals surface area contributed by atoms with E-state index in [1.54, 1.807) is 0 Å². The van der Waals surface area contributed by atoms with Crippen LogP contribution in [0.3, 0.4) is 0 Å². The van der Waals surface area contributed by atoms with Gasteiger partial charge in [-0.05, 0) is 24.9 Å². The molecule has 0 bridgehead atoms. The molecule has 3 N–H and O–H groups in total. The summed E-state index contributed by atoms with van der Waals surface area (Å²) in [5.74, 6) is 0.345. The summed E-state index contributed by atoms with van der Waals surface area (Å²) in [7, 11) is 0. The van der Waals surface area contributed by atoms with Crippen LogP contribution in [-0.4, -0.2) is 43.4 Å². The highest BCUT2D eigenvalue weighted by atomic mass is 32.2. The summed E-state index contributed by atoms with van der Waals surface area (Å²) in [6.45, 7) is 1.99. The van der Waals surface area contributed by atoms with Crippen molar-refractivity contribution in [1.29, 1.82) is 0 Å². The molecule has 2 aliphatic rings. The summed E-state index contributed by atoms with van der Waals surface area (Å²) in [5, 5.41) is 7.29. The lowest BCUT2D eigenvalue weighted by Crippen LogP contribution is -2.31. The average molecular weight is 369 g/mol. The minimum atomic E-state index is -0.490. The summed E-state index contributed by atoms with van der Waals surface area (Å²) in [5.41, 5.74) is 7.60. The van der Waals surface area contributed by atoms with E-state index in [4.69, 9.17) is 10.5 Å². The van der Waals surface area contributed by atoms with E-state index in [-0.39, 0.29) is 23.6 Å². The number of nitrogens with one attached hydrogen (secondary N) is 1. The van der Waals surface area contributed by atoms with Crippen LogP contribution in [0, 0.1) is 0 Å². The lowest BCUT2D eigenvalue weighted by molar-refractivity contribution is 0.0967. The number of aliphatic imine (C=N–C) groups is 1. The van der Waals surface area contributed by atoms with Gasteiger partial charge in [0, 0.05) is 6.26 Å². The molecule has 2 aromatic heterocycles. The summed E-state index contributed by atoms with van der Waals surface area (Å²) >= 11 is 1.30. The predicted molar refractivity (Wildman–Crippen MR) is 99.4 cm³/mol. The smallest absolute Gasteiger partial charge is 0.298 e. The number of nitrogens with two attached hydrogens (primary N) is 1. The molecule has 1 amide bonds. The largest absolute Gasteiger partial charge is 0.428 e. The fraction of sp³-hybridized carbons (Fsp3) is 0.188. The molecule has 0 saturated heterocycles. The summed E-state index contributed by atoms with van der Waals surface area (Å²) in [6.07, 6.45) is 10.8. The number of nitrogens with zero attached hydrogens (tertiary/aromatic N) is 5. The van der Waals surface area contributed by atoms with Crippen molar-refractivity contribution in [3.8, 4) is 0 Å². The fourth-order valence-electron chi connectivity index (χ4n) is 2.62. The van der Waals surface area contributed by atoms with Crippen molar-refractivity contribution in [3.63, 3.8) is 0 Å². The Balaban J connectivity index is 1.63. The second-order valence-corrected chi connectivity index (χ2v) is 6.35. The van der Waals surface area contributed by atoms with Gasteiger partial charge in [0.15, 0.2) is 11.3 Å². The van der Waals surface area contributed by atoms with E-state index >= 15 is 0 Å². The second kappa shape index (κ2) is 6.30. The van der Waals surface area contributed by atoms with Gasteiger partial charge in [0.05, 0.1) is 5.39 Å². The highest BCUT2D eigenvalue weighted by Gasteiger charge is 2.28. The quantitative estimate of drug-likeness (QED) is 0.821. The molecule has 0 radical (unpaired) electrons. The Hall–Kier alpha value is -3.14. The van der Waals surface area contributed by atoms with Gasteiger partial charge in [0.2, 0.25) is 0 Å². The number of anilines is 1. The minimum absolute atomic E-state index is 0.117. The summed E-state index contributed by atoms with van der Waals surface area (Å²) in [4.78, 5) is 25.2. The molecular formula is C16H15N7O2S. The van der Waals surface area contributed by atoms with E-state index in [9.17, 15) is 4.79 Å². The predicted octanol–water partition coefficient (Wildman–Crippen LogP) is 1.42. The van der Waals surface area contributed by atoms with Gasteiger partial charge in [0.25, 0.3) is 11.9 Å². The van der Waals surface area contributed by atoms with Crippen LogP contribution in [0.1, 0.15) is 17.4 Å². The van der Waals surface area contributed by atoms with Crippen LogP contribution in [0.4, 0.5) is 5.82 Å². The number of carbonyl (C=O) groups is 1. The van der Waals surface area contributed by atoms with Crippen LogP contribution in [0.2, 0.25) is 0 Å². The molecule has 0 spiro atoms. The standard InChI is InChI=1S/C16H15N7O2S/c1-8-3-5-9-10(6-4-8)25-16(20-9)21-15(24)12-11-13(17)18-7-19-14(11)23(22-12)26-2/h3-7,9H,1-2H3,(H2,17,18,19)(H,20,21,24). The number of aromatic nitrogens is 4. The van der Waals surface area contributed by atoms with Gasteiger partial charge in [-0.25, -0.2) is 15.0 Å². The maximum absolute atomic E-state index is 12.7. The molecule has 1 aliphatic carbocycles. The van der Waals surface area contributed by atoms with E-state index in [1.807, 2.05) is 37.5 Å². The number of nitrogen functional groups attached to an aromatic ring is 1. The normalized spacial score (nSPS) is 18.5. The lowest BCUT2D eigenvalue weighted by atomic mass is 10.2. The fourth-order valence-corrected chi connectivity index (χ4v) is 3.10. The molecule has 132 valence electrons. The molecule has 26 heavy (non-hydrogen) atoms. The van der Waals surface area contributed by atoms with Gasteiger partial charge in [-0.3, -0.25) is 10.1 Å². The van der Waals surface area contributed by atoms with Crippen LogP contribution in [0.5, 0.6) is 0 Å². The van der Waals surface area contributed by atoms with Crippen molar-refractivity contribution in [3.05, 3.63) is 47.7 Å². The molecule has 0 fully saturated rings. The molecule has 1 unspecified atom stereocenters. The van der Waals surface area contributed by atoms with Crippen LogP contribution in [0.25, 0.3) is 11.0 Å². The Morgan fingerprint density at radius 3 is 3.04 bits per heavy atom. The van der Waals surface area contributed by atoms with Crippen LogP contribution < -0.4 is 11.1 Å². The van der Waals surface area contributed by atoms with Crippen molar-refractivity contribution >= 4 is 40.7 Å². The molecular weight excluding hydrogens is 354 g/mol. The van der Waals surface area contributed by atoms with E-state index in [0.29, 0.717) is 16.8 Å². The zero-order valence-electron chi connectivity index (χ0n) is 14.0. The molecule has 1 aliphatic heterocycles. The third kappa shape index (κ3) is 2.73. The molecule has 2 aromatic rings. The van der Waals surface area contributed by atoms with Gasteiger partial charge < -0.3 is 10.5 Å². The lowest BCUT2D eigenvalue weighted by Gasteiger charge is -2.04. The first kappa shape index (κ1) is 16.3. The van der Waals surface area contributed by atoms with E-state index in [1.165, 1.54) is 22.4 Å². The number of hydrogen-bond acceptors (Lipinski definition) is 8. The Bertz CT molecular complexity index is 1030. The average Bonchev–Trinajstić information content (AvgIpc) is 3.15. The van der Waals surface area contributed by atoms with Crippen molar-refractivity contribution < 1.29 is 9.53 Å². The molecule has 0 saturated carbocycles. The Labute approximate surface area is 152 Å². The Morgan fingerprint density at radius 1 is 1.38 bits per heavy atom. The molecule has 3 heterocycles. The Morgan fingerprint density at radius 2 is 2.23 bits per heavy atom. The number of carbonyl (C=O) groups excluding carboxylic acids is 1. The van der Waals surface area contributed by atoms with E-state index < -0.39 is 5.91 Å². The topological polar surface area (TPSA) is 120 Å². The van der Waals surface area contributed by atoms with Crippen molar-refractivity contribution in [2.45, 2.75) is 13.0 Å². The zero-order valence-corrected chi connectivity index (χ0v) is 14.8. The molecule has 9 nitrogen and oxygen atoms in total. The first-order valence-electron chi connectivity index (χ1n) is 7.74. The number of amides is 1. The third-order valence-corrected chi connectivity index (χ3v) is 4.49. The van der Waals surface area contributed by atoms with Crippen molar-refractivity contribution in [2.24, 2.45) is 4.99 Å². The first-order chi connectivity index (χ1) is 12.6.